The van der Waals surface area contributed by atoms with Crippen LogP contribution in [0.4, 0.5) is 0 Å². The first-order chi connectivity index (χ1) is 13.3. The molecule has 0 saturated carbocycles. The molecule has 0 radical (unpaired) electrons. The third-order valence-electron chi connectivity index (χ3n) is 5.15. The van der Waals surface area contributed by atoms with Crippen LogP contribution in [0.5, 0.6) is 0 Å². The number of unbranched alkanes of at least 4 members (excludes halogenated alkanes) is 3. The normalized spacial score (nSPS) is 11.3. The van der Waals surface area contributed by atoms with Gasteiger partial charge >= 0.3 is 0 Å². The third-order valence-corrected chi connectivity index (χ3v) is 6.13. The number of benzene rings is 4. The van der Waals surface area contributed by atoms with Crippen molar-refractivity contribution in [2.75, 3.05) is 0 Å². The van der Waals surface area contributed by atoms with Gasteiger partial charge in [0.05, 0.1) is 0 Å². The van der Waals surface area contributed by atoms with Crippen LogP contribution in [0.15, 0.2) is 88.7 Å². The van der Waals surface area contributed by atoms with E-state index in [9.17, 15) is 0 Å². The second kappa shape index (κ2) is 8.63. The van der Waals surface area contributed by atoms with E-state index in [1.54, 1.807) is 0 Å². The molecule has 0 aromatic heterocycles. The minimum atomic E-state index is 1.19. The molecule has 0 heterocycles. The first-order valence-electron chi connectivity index (χ1n) is 10.0. The summed E-state index contributed by atoms with van der Waals surface area (Å²) in [5.74, 6) is 0. The summed E-state index contributed by atoms with van der Waals surface area (Å²) in [5.41, 5.74) is 1.46. The van der Waals surface area contributed by atoms with E-state index in [1.807, 2.05) is 11.8 Å². The second-order valence-electron chi connectivity index (χ2n) is 7.26. The second-order valence-corrected chi connectivity index (χ2v) is 8.41. The van der Waals surface area contributed by atoms with Gasteiger partial charge in [-0.3, -0.25) is 0 Å². The van der Waals surface area contributed by atoms with Gasteiger partial charge in [-0.25, -0.2) is 0 Å². The molecule has 0 aliphatic heterocycles. The molecule has 0 N–H and O–H groups in total. The topological polar surface area (TPSA) is 0 Å². The minimum absolute atomic E-state index is 1.19. The summed E-state index contributed by atoms with van der Waals surface area (Å²) in [6, 6.07) is 29.1. The van der Waals surface area contributed by atoms with Crippen LogP contribution in [-0.2, 0) is 6.42 Å². The third kappa shape index (κ3) is 4.54. The van der Waals surface area contributed by atoms with Gasteiger partial charge < -0.3 is 0 Å². The average Bonchev–Trinajstić information content (AvgIpc) is 2.71. The summed E-state index contributed by atoms with van der Waals surface area (Å²) >= 11 is 1.85. The fraction of sp³-hybridized carbons (Fsp3) is 0.231. The molecule has 136 valence electrons. The lowest BCUT2D eigenvalue weighted by Crippen LogP contribution is -1.86. The Morgan fingerprint density at radius 2 is 1.26 bits per heavy atom. The molecule has 0 fully saturated rings. The molecule has 4 rings (SSSR count). The zero-order chi connectivity index (χ0) is 18.5. The van der Waals surface area contributed by atoms with Crippen molar-refractivity contribution in [1.29, 1.82) is 0 Å². The standard InChI is InChI=1S/C26H26S/c1-2-3-4-5-8-20-11-12-22-14-16-26(19-24(22)17-20)27-25-15-13-21-9-6-7-10-23(21)18-25/h6-7,9-19H,2-5,8H2,1H3. The van der Waals surface area contributed by atoms with Gasteiger partial charge in [0.2, 0.25) is 0 Å². The molecule has 0 spiro atoms. The molecular weight excluding hydrogens is 344 g/mol. The molecule has 0 bridgehead atoms. The SMILES string of the molecule is CCCCCCc1ccc2ccc(Sc3ccc4ccccc4c3)cc2c1. The molecule has 4 aromatic carbocycles. The number of rotatable bonds is 7. The van der Waals surface area contributed by atoms with E-state index in [1.165, 1.54) is 69.0 Å². The quantitative estimate of drug-likeness (QED) is 0.295. The molecule has 27 heavy (non-hydrogen) atoms. The van der Waals surface area contributed by atoms with Crippen LogP contribution in [0.2, 0.25) is 0 Å². The zero-order valence-corrected chi connectivity index (χ0v) is 16.8. The van der Waals surface area contributed by atoms with Gasteiger partial charge in [-0.15, -0.1) is 0 Å². The first-order valence-corrected chi connectivity index (χ1v) is 10.8. The molecule has 0 nitrogen and oxygen atoms in total. The first kappa shape index (κ1) is 18.1. The van der Waals surface area contributed by atoms with E-state index in [2.05, 4.69) is 85.8 Å². The molecule has 0 saturated heterocycles. The van der Waals surface area contributed by atoms with Crippen LogP contribution < -0.4 is 0 Å². The number of hydrogen-bond donors (Lipinski definition) is 0. The number of aryl methyl sites for hydroxylation is 1. The monoisotopic (exact) mass is 370 g/mol. The van der Waals surface area contributed by atoms with Crippen molar-refractivity contribution in [2.24, 2.45) is 0 Å². The van der Waals surface area contributed by atoms with Crippen molar-refractivity contribution in [2.45, 2.75) is 48.8 Å². The van der Waals surface area contributed by atoms with Crippen LogP contribution >= 0.6 is 11.8 Å². The van der Waals surface area contributed by atoms with E-state index >= 15 is 0 Å². The van der Waals surface area contributed by atoms with E-state index in [4.69, 9.17) is 0 Å². The van der Waals surface area contributed by atoms with Crippen molar-refractivity contribution in [3.63, 3.8) is 0 Å². The van der Waals surface area contributed by atoms with Gasteiger partial charge in [-0.05, 0) is 64.2 Å². The lowest BCUT2D eigenvalue weighted by molar-refractivity contribution is 0.667. The molecule has 4 aromatic rings. The summed E-state index contributed by atoms with van der Waals surface area (Å²) in [6.07, 6.45) is 6.47. The fourth-order valence-electron chi connectivity index (χ4n) is 3.62. The van der Waals surface area contributed by atoms with E-state index in [-0.39, 0.29) is 0 Å². The Balaban J connectivity index is 1.54. The maximum Gasteiger partial charge on any atom is 0.0128 e. The van der Waals surface area contributed by atoms with Crippen molar-refractivity contribution in [3.8, 4) is 0 Å². The van der Waals surface area contributed by atoms with Crippen molar-refractivity contribution >= 4 is 33.3 Å². The van der Waals surface area contributed by atoms with Gasteiger partial charge in [0.15, 0.2) is 0 Å². The summed E-state index contributed by atoms with van der Waals surface area (Å²) in [7, 11) is 0. The summed E-state index contributed by atoms with van der Waals surface area (Å²) in [4.78, 5) is 2.60. The maximum absolute atomic E-state index is 2.38. The van der Waals surface area contributed by atoms with E-state index in [0.717, 1.165) is 0 Å². The molecule has 0 atom stereocenters. The van der Waals surface area contributed by atoms with Crippen LogP contribution in [0.25, 0.3) is 21.5 Å². The van der Waals surface area contributed by atoms with Gasteiger partial charge in [-0.2, -0.15) is 0 Å². The van der Waals surface area contributed by atoms with Crippen molar-refractivity contribution in [1.82, 2.24) is 0 Å². The molecule has 0 amide bonds. The predicted molar refractivity (Wildman–Crippen MR) is 120 cm³/mol. The van der Waals surface area contributed by atoms with Gasteiger partial charge in [-0.1, -0.05) is 92.5 Å². The smallest absolute Gasteiger partial charge is 0.0128 e. The molecule has 0 aliphatic carbocycles. The Morgan fingerprint density at radius 1 is 0.593 bits per heavy atom. The average molecular weight is 371 g/mol. The van der Waals surface area contributed by atoms with Crippen molar-refractivity contribution in [3.05, 3.63) is 84.4 Å². The Bertz CT molecular complexity index is 1050. The Hall–Kier alpha value is -2.25. The summed E-state index contributed by atoms with van der Waals surface area (Å²) in [5, 5.41) is 5.29. The zero-order valence-electron chi connectivity index (χ0n) is 15.9. The highest BCUT2D eigenvalue weighted by molar-refractivity contribution is 7.99. The molecular formula is C26H26S. The fourth-order valence-corrected chi connectivity index (χ4v) is 4.53. The van der Waals surface area contributed by atoms with E-state index in [0.29, 0.717) is 0 Å². The van der Waals surface area contributed by atoms with Gasteiger partial charge in [0.1, 0.15) is 0 Å². The minimum Gasteiger partial charge on any atom is -0.0901 e. The van der Waals surface area contributed by atoms with Crippen LogP contribution in [-0.4, -0.2) is 0 Å². The van der Waals surface area contributed by atoms with Crippen molar-refractivity contribution < 1.29 is 0 Å². The van der Waals surface area contributed by atoms with Gasteiger partial charge in [0, 0.05) is 9.79 Å². The highest BCUT2D eigenvalue weighted by Gasteiger charge is 2.03. The lowest BCUT2D eigenvalue weighted by atomic mass is 10.0. The summed E-state index contributed by atoms with van der Waals surface area (Å²) < 4.78 is 0. The number of hydrogen-bond acceptors (Lipinski definition) is 1. The Kier molecular flexibility index (Phi) is 5.79. The lowest BCUT2D eigenvalue weighted by Gasteiger charge is -2.07. The molecule has 0 aliphatic rings. The van der Waals surface area contributed by atoms with Crippen LogP contribution in [0.1, 0.15) is 38.2 Å². The highest BCUT2D eigenvalue weighted by Crippen LogP contribution is 2.32. The number of fused-ring (bicyclic) bond motifs is 2. The Labute approximate surface area is 166 Å². The maximum atomic E-state index is 2.38. The van der Waals surface area contributed by atoms with E-state index < -0.39 is 0 Å². The largest absolute Gasteiger partial charge is 0.0901 e. The Morgan fingerprint density at radius 3 is 2.04 bits per heavy atom. The summed E-state index contributed by atoms with van der Waals surface area (Å²) in [6.45, 7) is 2.27. The van der Waals surface area contributed by atoms with Crippen LogP contribution in [0, 0.1) is 0 Å². The highest BCUT2D eigenvalue weighted by atomic mass is 32.2. The molecule has 0 unspecified atom stereocenters. The van der Waals surface area contributed by atoms with Gasteiger partial charge in [0.25, 0.3) is 0 Å². The molecule has 1 heteroatoms. The van der Waals surface area contributed by atoms with Crippen LogP contribution in [0.3, 0.4) is 0 Å². The predicted octanol–water partition coefficient (Wildman–Crippen LogP) is 8.27.